The summed E-state index contributed by atoms with van der Waals surface area (Å²) in [6.45, 7) is 4.28. The second kappa shape index (κ2) is 10.8. The molecule has 0 unspecified atom stereocenters. The average Bonchev–Trinajstić information content (AvgIpc) is 3.04. The van der Waals surface area contributed by atoms with Crippen LogP contribution in [-0.2, 0) is 19.1 Å². The van der Waals surface area contributed by atoms with Crippen LogP contribution in [-0.4, -0.2) is 37.0 Å². The summed E-state index contributed by atoms with van der Waals surface area (Å²) in [7, 11) is 0. The molecule has 2 aromatic carbocycles. The first-order chi connectivity index (χ1) is 15.9. The fraction of sp³-hybridized carbons (Fsp3) is 0.250. The second-order valence-corrected chi connectivity index (χ2v) is 7.50. The second-order valence-electron chi connectivity index (χ2n) is 7.13. The molecule has 0 spiro atoms. The van der Waals surface area contributed by atoms with Crippen molar-refractivity contribution in [2.24, 2.45) is 0 Å². The van der Waals surface area contributed by atoms with E-state index >= 15 is 0 Å². The number of nitrogens with zero attached hydrogens (tertiary/aromatic N) is 1. The summed E-state index contributed by atoms with van der Waals surface area (Å²) in [6.07, 6.45) is 1.34. The van der Waals surface area contributed by atoms with Crippen molar-refractivity contribution in [1.82, 2.24) is 0 Å². The molecule has 0 aliphatic carbocycles. The highest BCUT2D eigenvalue weighted by Crippen LogP contribution is 2.32. The minimum Gasteiger partial charge on any atom is -0.462 e. The number of nitrogens with one attached hydrogen (secondary N) is 1. The molecule has 0 saturated heterocycles. The number of carbonyl (C=O) groups excluding carboxylic acids is 4. The van der Waals surface area contributed by atoms with E-state index in [-0.39, 0.29) is 28.6 Å². The van der Waals surface area contributed by atoms with Gasteiger partial charge in [0.15, 0.2) is 0 Å². The Morgan fingerprint density at radius 3 is 2.12 bits per heavy atom. The molecule has 9 heteroatoms. The molecule has 2 amide bonds. The Labute approximate surface area is 196 Å². The van der Waals surface area contributed by atoms with E-state index in [0.717, 1.165) is 4.90 Å². The predicted molar refractivity (Wildman–Crippen MR) is 123 cm³/mol. The van der Waals surface area contributed by atoms with Crippen LogP contribution in [0, 0.1) is 0 Å². The fourth-order valence-corrected chi connectivity index (χ4v) is 3.27. The van der Waals surface area contributed by atoms with Crippen molar-refractivity contribution in [3.63, 3.8) is 0 Å². The van der Waals surface area contributed by atoms with Gasteiger partial charge in [-0.2, -0.15) is 0 Å². The van der Waals surface area contributed by atoms with Crippen LogP contribution < -0.4 is 10.2 Å². The van der Waals surface area contributed by atoms with E-state index in [1.54, 1.807) is 24.3 Å². The Balaban J connectivity index is 1.81. The molecule has 3 rings (SSSR count). The van der Waals surface area contributed by atoms with Crippen LogP contribution in [0.2, 0.25) is 0 Å². The number of imide groups is 1. The van der Waals surface area contributed by atoms with E-state index in [4.69, 9.17) is 21.1 Å². The smallest absolute Gasteiger partial charge is 0.340 e. The Kier molecular flexibility index (Phi) is 7.84. The highest BCUT2D eigenvalue weighted by Gasteiger charge is 2.40. The number of anilines is 2. The maximum Gasteiger partial charge on any atom is 0.340 e. The van der Waals surface area contributed by atoms with Crippen molar-refractivity contribution in [1.29, 1.82) is 0 Å². The maximum absolute atomic E-state index is 13.1. The number of para-hydroxylation sites is 1. The highest BCUT2D eigenvalue weighted by atomic mass is 35.5. The standard InChI is InChI=1S/C24H23ClN2O6/c1-3-13-32-23(30)15-9-11-16(12-10-15)26-20-19(25)21(28)27(22(20)29)18-8-6-5-7-17(18)24(31)33-14-4-2/h5-12,26H,3-4,13-14H2,1-2H3. The normalized spacial score (nSPS) is 13.4. The zero-order valence-electron chi connectivity index (χ0n) is 18.2. The Bertz CT molecular complexity index is 1110. The summed E-state index contributed by atoms with van der Waals surface area (Å²) >= 11 is 6.19. The third-order valence-corrected chi connectivity index (χ3v) is 5.01. The highest BCUT2D eigenvalue weighted by molar-refractivity contribution is 6.53. The van der Waals surface area contributed by atoms with Crippen molar-refractivity contribution in [2.75, 3.05) is 23.4 Å². The van der Waals surface area contributed by atoms with Crippen LogP contribution in [0.1, 0.15) is 47.4 Å². The lowest BCUT2D eigenvalue weighted by Crippen LogP contribution is -2.33. The van der Waals surface area contributed by atoms with Crippen molar-refractivity contribution in [3.8, 4) is 0 Å². The van der Waals surface area contributed by atoms with Gasteiger partial charge in [0.1, 0.15) is 10.7 Å². The lowest BCUT2D eigenvalue weighted by Gasteiger charge is -2.18. The van der Waals surface area contributed by atoms with E-state index in [0.29, 0.717) is 30.7 Å². The largest absolute Gasteiger partial charge is 0.462 e. The van der Waals surface area contributed by atoms with Gasteiger partial charge in [-0.3, -0.25) is 9.59 Å². The third-order valence-electron chi connectivity index (χ3n) is 4.66. The van der Waals surface area contributed by atoms with Gasteiger partial charge in [0, 0.05) is 5.69 Å². The van der Waals surface area contributed by atoms with Crippen molar-refractivity contribution >= 4 is 46.7 Å². The van der Waals surface area contributed by atoms with Crippen LogP contribution in [0.3, 0.4) is 0 Å². The first kappa shape index (κ1) is 24.0. The molecule has 0 aromatic heterocycles. The van der Waals surface area contributed by atoms with Crippen LogP contribution in [0.25, 0.3) is 0 Å². The summed E-state index contributed by atoms with van der Waals surface area (Å²) in [6, 6.07) is 12.4. The average molecular weight is 471 g/mol. The molecule has 1 N–H and O–H groups in total. The van der Waals surface area contributed by atoms with Gasteiger partial charge in [-0.1, -0.05) is 37.6 Å². The summed E-state index contributed by atoms with van der Waals surface area (Å²) in [5.74, 6) is -2.58. The zero-order valence-corrected chi connectivity index (χ0v) is 19.0. The van der Waals surface area contributed by atoms with E-state index in [1.807, 2.05) is 13.8 Å². The van der Waals surface area contributed by atoms with Crippen molar-refractivity contribution in [3.05, 3.63) is 70.4 Å². The quantitative estimate of drug-likeness (QED) is 0.431. The number of ether oxygens (including phenoxy) is 2. The van der Waals surface area contributed by atoms with Crippen LogP contribution >= 0.6 is 11.6 Å². The minimum atomic E-state index is -0.764. The van der Waals surface area contributed by atoms with Gasteiger partial charge >= 0.3 is 11.9 Å². The molecule has 0 saturated carbocycles. The van der Waals surface area contributed by atoms with E-state index in [2.05, 4.69) is 5.32 Å². The molecule has 0 fully saturated rings. The molecule has 1 heterocycles. The van der Waals surface area contributed by atoms with Crippen molar-refractivity contribution < 1.29 is 28.7 Å². The lowest BCUT2D eigenvalue weighted by atomic mass is 10.1. The SMILES string of the molecule is CCCOC(=O)c1ccc(NC2=C(Cl)C(=O)N(c3ccccc3C(=O)OCCC)C2=O)cc1. The molecule has 2 aromatic rings. The molecular weight excluding hydrogens is 448 g/mol. The molecule has 33 heavy (non-hydrogen) atoms. The number of rotatable bonds is 9. The van der Waals surface area contributed by atoms with Crippen LogP contribution in [0.5, 0.6) is 0 Å². The topological polar surface area (TPSA) is 102 Å². The molecule has 0 atom stereocenters. The number of carbonyl (C=O) groups is 4. The third kappa shape index (κ3) is 5.23. The number of esters is 2. The molecule has 0 bridgehead atoms. The molecular formula is C24H23ClN2O6. The number of halogens is 1. The van der Waals surface area contributed by atoms with Gasteiger partial charge in [0.2, 0.25) is 0 Å². The van der Waals surface area contributed by atoms with E-state index in [1.165, 1.54) is 24.3 Å². The molecule has 172 valence electrons. The summed E-state index contributed by atoms with van der Waals surface area (Å²) in [5, 5.41) is 2.51. The van der Waals surface area contributed by atoms with Gasteiger partial charge in [-0.15, -0.1) is 0 Å². The van der Waals surface area contributed by atoms with E-state index in [9.17, 15) is 19.2 Å². The Morgan fingerprint density at radius 1 is 0.879 bits per heavy atom. The minimum absolute atomic E-state index is 0.0771. The van der Waals surface area contributed by atoms with Gasteiger partial charge < -0.3 is 14.8 Å². The number of amides is 2. The van der Waals surface area contributed by atoms with Crippen LogP contribution in [0.4, 0.5) is 11.4 Å². The fourth-order valence-electron chi connectivity index (χ4n) is 3.06. The summed E-state index contributed by atoms with van der Waals surface area (Å²) in [4.78, 5) is 51.1. The summed E-state index contributed by atoms with van der Waals surface area (Å²) < 4.78 is 10.2. The van der Waals surface area contributed by atoms with Gasteiger partial charge in [0.25, 0.3) is 11.8 Å². The first-order valence-electron chi connectivity index (χ1n) is 10.5. The molecule has 0 radical (unpaired) electrons. The van der Waals surface area contributed by atoms with Crippen LogP contribution in [0.15, 0.2) is 59.3 Å². The molecule has 8 nitrogen and oxygen atoms in total. The first-order valence-corrected chi connectivity index (χ1v) is 10.9. The zero-order chi connectivity index (χ0) is 24.0. The van der Waals surface area contributed by atoms with Gasteiger partial charge in [-0.05, 0) is 49.2 Å². The molecule has 1 aliphatic rings. The molecule has 1 aliphatic heterocycles. The summed E-state index contributed by atoms with van der Waals surface area (Å²) in [5.41, 5.74) is 0.809. The predicted octanol–water partition coefficient (Wildman–Crippen LogP) is 4.26. The van der Waals surface area contributed by atoms with Gasteiger partial charge in [0.05, 0.1) is 30.0 Å². The monoisotopic (exact) mass is 470 g/mol. The number of hydrogen-bond donors (Lipinski definition) is 1. The number of benzene rings is 2. The van der Waals surface area contributed by atoms with E-state index < -0.39 is 23.8 Å². The van der Waals surface area contributed by atoms with Gasteiger partial charge in [-0.25, -0.2) is 14.5 Å². The number of hydrogen-bond acceptors (Lipinski definition) is 7. The Hall–Kier alpha value is -3.65. The van der Waals surface area contributed by atoms with Crippen molar-refractivity contribution in [2.45, 2.75) is 26.7 Å². The lowest BCUT2D eigenvalue weighted by molar-refractivity contribution is -0.120. The Morgan fingerprint density at radius 2 is 1.48 bits per heavy atom. The maximum atomic E-state index is 13.1.